The second-order valence-electron chi connectivity index (χ2n) is 5.12. The zero-order valence-corrected chi connectivity index (χ0v) is 12.4. The first-order valence-corrected chi connectivity index (χ1v) is 6.89. The van der Waals surface area contributed by atoms with Crippen molar-refractivity contribution in [3.05, 3.63) is 71.3 Å². The summed E-state index contributed by atoms with van der Waals surface area (Å²) in [5, 5.41) is 0. The molecule has 0 spiro atoms. The molecule has 3 heteroatoms. The summed E-state index contributed by atoms with van der Waals surface area (Å²) in [5.41, 5.74) is 9.68. The van der Waals surface area contributed by atoms with Crippen LogP contribution in [0.1, 0.15) is 16.7 Å². The van der Waals surface area contributed by atoms with Crippen LogP contribution in [0.25, 0.3) is 6.08 Å². The molecule has 3 nitrogen and oxygen atoms in total. The number of nitrogen functional groups attached to an aromatic ring is 1. The number of likely N-dealkylation sites (N-methyl/N-ethyl adjacent to an activating group) is 1. The predicted molar refractivity (Wildman–Crippen MR) is 87.5 cm³/mol. The Balaban J connectivity index is 2.01. The smallest absolute Gasteiger partial charge is 0.246 e. The van der Waals surface area contributed by atoms with Crippen LogP contribution in [-0.2, 0) is 11.3 Å². The van der Waals surface area contributed by atoms with E-state index in [1.54, 1.807) is 24.1 Å². The van der Waals surface area contributed by atoms with Crippen LogP contribution in [0.4, 0.5) is 5.69 Å². The topological polar surface area (TPSA) is 46.3 Å². The first-order valence-electron chi connectivity index (χ1n) is 6.89. The van der Waals surface area contributed by atoms with E-state index in [2.05, 4.69) is 13.0 Å². The number of hydrogen-bond acceptors (Lipinski definition) is 2. The molecule has 0 radical (unpaired) electrons. The number of amides is 1. The third-order valence-corrected chi connectivity index (χ3v) is 3.37. The fraction of sp³-hybridized carbons (Fsp3) is 0.167. The molecule has 0 aliphatic rings. The lowest BCUT2D eigenvalue weighted by molar-refractivity contribution is -0.125. The Morgan fingerprint density at radius 3 is 2.67 bits per heavy atom. The molecule has 21 heavy (non-hydrogen) atoms. The molecular formula is C18H20N2O. The summed E-state index contributed by atoms with van der Waals surface area (Å²) < 4.78 is 0. The minimum Gasteiger partial charge on any atom is -0.399 e. The lowest BCUT2D eigenvalue weighted by Crippen LogP contribution is -2.24. The number of anilines is 1. The van der Waals surface area contributed by atoms with Gasteiger partial charge in [-0.3, -0.25) is 4.79 Å². The maximum atomic E-state index is 12.1. The highest BCUT2D eigenvalue weighted by Crippen LogP contribution is 2.11. The van der Waals surface area contributed by atoms with Gasteiger partial charge in [0, 0.05) is 25.4 Å². The molecule has 0 saturated heterocycles. The van der Waals surface area contributed by atoms with Crippen molar-refractivity contribution in [1.29, 1.82) is 0 Å². The summed E-state index contributed by atoms with van der Waals surface area (Å²) in [4.78, 5) is 13.8. The Morgan fingerprint density at radius 2 is 1.95 bits per heavy atom. The second-order valence-corrected chi connectivity index (χ2v) is 5.12. The van der Waals surface area contributed by atoms with Crippen molar-refractivity contribution < 1.29 is 4.79 Å². The highest BCUT2D eigenvalue weighted by Gasteiger charge is 2.07. The van der Waals surface area contributed by atoms with Crippen molar-refractivity contribution in [1.82, 2.24) is 4.90 Å². The minimum atomic E-state index is -0.0272. The Morgan fingerprint density at radius 1 is 1.19 bits per heavy atom. The molecule has 2 rings (SSSR count). The Hall–Kier alpha value is -2.55. The van der Waals surface area contributed by atoms with E-state index in [4.69, 9.17) is 5.73 Å². The summed E-state index contributed by atoms with van der Waals surface area (Å²) >= 11 is 0. The molecule has 108 valence electrons. The fourth-order valence-electron chi connectivity index (χ4n) is 2.08. The van der Waals surface area contributed by atoms with Gasteiger partial charge in [0.2, 0.25) is 5.91 Å². The maximum Gasteiger partial charge on any atom is 0.246 e. The number of carbonyl (C=O) groups is 1. The summed E-state index contributed by atoms with van der Waals surface area (Å²) in [6, 6.07) is 15.5. The van der Waals surface area contributed by atoms with Crippen LogP contribution in [0.15, 0.2) is 54.6 Å². The normalized spacial score (nSPS) is 10.8. The van der Waals surface area contributed by atoms with Crippen LogP contribution in [-0.4, -0.2) is 17.9 Å². The summed E-state index contributed by atoms with van der Waals surface area (Å²) in [5.74, 6) is -0.0272. The largest absolute Gasteiger partial charge is 0.399 e. The lowest BCUT2D eigenvalue weighted by Gasteiger charge is -2.16. The lowest BCUT2D eigenvalue weighted by atomic mass is 10.1. The number of benzene rings is 2. The van der Waals surface area contributed by atoms with Gasteiger partial charge in [-0.25, -0.2) is 0 Å². The van der Waals surface area contributed by atoms with Gasteiger partial charge in [0.1, 0.15) is 0 Å². The molecule has 0 saturated carbocycles. The molecule has 0 unspecified atom stereocenters. The summed E-state index contributed by atoms with van der Waals surface area (Å²) in [6.07, 6.45) is 3.36. The molecule has 0 fully saturated rings. The summed E-state index contributed by atoms with van der Waals surface area (Å²) in [6.45, 7) is 2.66. The molecule has 0 heterocycles. The van der Waals surface area contributed by atoms with Gasteiger partial charge >= 0.3 is 0 Å². The zero-order chi connectivity index (χ0) is 15.2. The molecular weight excluding hydrogens is 260 g/mol. The van der Waals surface area contributed by atoms with Gasteiger partial charge in [0.05, 0.1) is 0 Å². The average Bonchev–Trinajstić information content (AvgIpc) is 2.47. The van der Waals surface area contributed by atoms with E-state index in [0.29, 0.717) is 12.2 Å². The number of nitrogens with zero attached hydrogens (tertiary/aromatic N) is 1. The van der Waals surface area contributed by atoms with E-state index in [9.17, 15) is 4.79 Å². The molecule has 0 atom stereocenters. The average molecular weight is 280 g/mol. The quantitative estimate of drug-likeness (QED) is 0.690. The van der Waals surface area contributed by atoms with Crippen LogP contribution in [0, 0.1) is 6.92 Å². The van der Waals surface area contributed by atoms with E-state index in [1.807, 2.05) is 42.5 Å². The van der Waals surface area contributed by atoms with Crippen LogP contribution in [0.3, 0.4) is 0 Å². The van der Waals surface area contributed by atoms with E-state index < -0.39 is 0 Å². The predicted octanol–water partition coefficient (Wildman–Crippen LogP) is 3.25. The SMILES string of the molecule is Cc1ccccc1CN(C)C(=O)/C=C/c1cccc(N)c1. The highest BCUT2D eigenvalue weighted by molar-refractivity contribution is 5.91. The van der Waals surface area contributed by atoms with Gasteiger partial charge in [-0.05, 0) is 41.8 Å². The van der Waals surface area contributed by atoms with E-state index >= 15 is 0 Å². The zero-order valence-electron chi connectivity index (χ0n) is 12.4. The standard InChI is InChI=1S/C18H20N2O/c1-14-6-3-4-8-16(14)13-20(2)18(21)11-10-15-7-5-9-17(19)12-15/h3-12H,13,19H2,1-2H3/b11-10+. The molecule has 2 N–H and O–H groups in total. The molecule has 0 aliphatic carbocycles. The maximum absolute atomic E-state index is 12.1. The van der Waals surface area contributed by atoms with Crippen molar-refractivity contribution in [3.63, 3.8) is 0 Å². The molecule has 2 aromatic carbocycles. The van der Waals surface area contributed by atoms with Crippen LogP contribution in [0.2, 0.25) is 0 Å². The number of carbonyl (C=O) groups excluding carboxylic acids is 1. The third kappa shape index (κ3) is 4.21. The number of hydrogen-bond donors (Lipinski definition) is 1. The number of rotatable bonds is 4. The second kappa shape index (κ2) is 6.75. The van der Waals surface area contributed by atoms with Crippen LogP contribution >= 0.6 is 0 Å². The van der Waals surface area contributed by atoms with Crippen LogP contribution in [0.5, 0.6) is 0 Å². The first-order chi connectivity index (χ1) is 10.1. The Bertz CT molecular complexity index is 662. The molecule has 0 aliphatic heterocycles. The fourth-order valence-corrected chi connectivity index (χ4v) is 2.08. The monoisotopic (exact) mass is 280 g/mol. The Labute approximate surface area is 125 Å². The molecule has 2 aromatic rings. The molecule has 0 aromatic heterocycles. The van der Waals surface area contributed by atoms with E-state index in [0.717, 1.165) is 11.1 Å². The van der Waals surface area contributed by atoms with Crippen LogP contribution < -0.4 is 5.73 Å². The van der Waals surface area contributed by atoms with Crippen molar-refractivity contribution in [2.75, 3.05) is 12.8 Å². The van der Waals surface area contributed by atoms with Gasteiger partial charge in [-0.15, -0.1) is 0 Å². The first kappa shape index (κ1) is 14.9. The molecule has 0 bridgehead atoms. The summed E-state index contributed by atoms with van der Waals surface area (Å²) in [7, 11) is 1.80. The van der Waals surface area contributed by atoms with Gasteiger partial charge < -0.3 is 10.6 Å². The van der Waals surface area contributed by atoms with E-state index in [1.165, 1.54) is 5.56 Å². The van der Waals surface area contributed by atoms with Crippen molar-refractivity contribution in [2.24, 2.45) is 0 Å². The number of aryl methyl sites for hydroxylation is 1. The molecule has 1 amide bonds. The van der Waals surface area contributed by atoms with Crippen molar-refractivity contribution in [3.8, 4) is 0 Å². The van der Waals surface area contributed by atoms with Crippen molar-refractivity contribution in [2.45, 2.75) is 13.5 Å². The van der Waals surface area contributed by atoms with Gasteiger partial charge in [-0.1, -0.05) is 36.4 Å². The number of nitrogens with two attached hydrogens (primary N) is 1. The highest BCUT2D eigenvalue weighted by atomic mass is 16.2. The van der Waals surface area contributed by atoms with Crippen molar-refractivity contribution >= 4 is 17.7 Å². The van der Waals surface area contributed by atoms with E-state index in [-0.39, 0.29) is 5.91 Å². The third-order valence-electron chi connectivity index (χ3n) is 3.37. The van der Waals surface area contributed by atoms with Gasteiger partial charge in [-0.2, -0.15) is 0 Å². The Kier molecular flexibility index (Phi) is 4.77. The van der Waals surface area contributed by atoms with Gasteiger partial charge in [0.25, 0.3) is 0 Å². The van der Waals surface area contributed by atoms with Gasteiger partial charge in [0.15, 0.2) is 0 Å². The minimum absolute atomic E-state index is 0.0272.